The van der Waals surface area contributed by atoms with Crippen molar-refractivity contribution >= 4 is 28.5 Å². The predicted molar refractivity (Wildman–Crippen MR) is 134 cm³/mol. The highest BCUT2D eigenvalue weighted by Crippen LogP contribution is 2.36. The number of esters is 1. The van der Waals surface area contributed by atoms with Crippen molar-refractivity contribution in [3.8, 4) is 28.4 Å². The summed E-state index contributed by atoms with van der Waals surface area (Å²) in [6.45, 7) is 4.82. The van der Waals surface area contributed by atoms with Crippen molar-refractivity contribution < 1.29 is 23.4 Å². The van der Waals surface area contributed by atoms with Gasteiger partial charge in [0.25, 0.3) is 0 Å². The molecule has 35 heavy (non-hydrogen) atoms. The second kappa shape index (κ2) is 9.47. The third-order valence-electron chi connectivity index (χ3n) is 5.95. The molecule has 0 saturated heterocycles. The quantitative estimate of drug-likeness (QED) is 0.244. The summed E-state index contributed by atoms with van der Waals surface area (Å²) >= 11 is 5.91. The maximum Gasteiger partial charge on any atom is 0.343 e. The van der Waals surface area contributed by atoms with Crippen molar-refractivity contribution in [1.82, 2.24) is 0 Å². The minimum absolute atomic E-state index is 0.163. The van der Waals surface area contributed by atoms with Gasteiger partial charge in [-0.05, 0) is 66.9 Å². The molecular weight excluding hydrogens is 468 g/mol. The van der Waals surface area contributed by atoms with Gasteiger partial charge in [0.05, 0.1) is 29.7 Å². The zero-order valence-electron chi connectivity index (χ0n) is 19.4. The van der Waals surface area contributed by atoms with Crippen molar-refractivity contribution in [3.05, 3.63) is 86.7 Å². The molecule has 0 radical (unpaired) electrons. The van der Waals surface area contributed by atoms with Crippen LogP contribution in [-0.4, -0.2) is 19.2 Å². The van der Waals surface area contributed by atoms with Crippen LogP contribution in [0.5, 0.6) is 17.2 Å². The molecule has 6 nitrogen and oxygen atoms in total. The molecular formula is C28H23ClO6. The Morgan fingerprint density at radius 1 is 1.00 bits per heavy atom. The molecule has 1 aliphatic rings. The lowest BCUT2D eigenvalue weighted by atomic mass is 10.0. The largest absolute Gasteiger partial charge is 0.490 e. The monoisotopic (exact) mass is 490 g/mol. The van der Waals surface area contributed by atoms with E-state index >= 15 is 0 Å². The van der Waals surface area contributed by atoms with Crippen LogP contribution >= 0.6 is 11.6 Å². The molecule has 0 aliphatic carbocycles. The first-order chi connectivity index (χ1) is 16.9. The lowest BCUT2D eigenvalue weighted by Gasteiger charge is -2.13. The molecule has 7 heteroatoms. The Balaban J connectivity index is 1.56. The number of carbonyl (C=O) groups is 1. The summed E-state index contributed by atoms with van der Waals surface area (Å²) in [5, 5.41) is 0.948. The Kier molecular flexibility index (Phi) is 6.22. The van der Waals surface area contributed by atoms with E-state index in [1.807, 2.05) is 25.1 Å². The van der Waals surface area contributed by atoms with E-state index in [9.17, 15) is 9.59 Å². The lowest BCUT2D eigenvalue weighted by molar-refractivity contribution is 0.0733. The Morgan fingerprint density at radius 2 is 1.74 bits per heavy atom. The van der Waals surface area contributed by atoms with Gasteiger partial charge in [-0.1, -0.05) is 24.6 Å². The lowest BCUT2D eigenvalue weighted by Crippen LogP contribution is -2.12. The molecule has 0 saturated carbocycles. The first kappa shape index (κ1) is 23.0. The summed E-state index contributed by atoms with van der Waals surface area (Å²) < 4.78 is 23.2. The van der Waals surface area contributed by atoms with Crippen LogP contribution in [0.3, 0.4) is 0 Å². The van der Waals surface area contributed by atoms with E-state index in [-0.39, 0.29) is 5.43 Å². The number of halogens is 1. The minimum Gasteiger partial charge on any atom is -0.490 e. The van der Waals surface area contributed by atoms with Crippen LogP contribution in [0.25, 0.3) is 22.1 Å². The summed E-state index contributed by atoms with van der Waals surface area (Å²) in [6.07, 6.45) is 1.36. The summed E-state index contributed by atoms with van der Waals surface area (Å²) in [4.78, 5) is 26.3. The van der Waals surface area contributed by atoms with Crippen molar-refractivity contribution in [2.45, 2.75) is 26.7 Å². The zero-order valence-corrected chi connectivity index (χ0v) is 20.1. The topological polar surface area (TPSA) is 75.0 Å². The highest BCUT2D eigenvalue weighted by Gasteiger charge is 2.20. The number of carbonyl (C=O) groups excluding carboxylic acids is 1. The van der Waals surface area contributed by atoms with Crippen molar-refractivity contribution in [1.29, 1.82) is 0 Å². The summed E-state index contributed by atoms with van der Waals surface area (Å²) in [5.74, 6) is 1.56. The van der Waals surface area contributed by atoms with Gasteiger partial charge >= 0.3 is 5.97 Å². The van der Waals surface area contributed by atoms with E-state index in [2.05, 4.69) is 0 Å². The fourth-order valence-corrected chi connectivity index (χ4v) is 4.27. The molecule has 4 aromatic rings. The SMILES string of the molecule is CCc1cc2c(=O)c(-c3ccc4c(c3)OCCCO4)c(C)oc2cc1OC(=O)c1ccc(Cl)cc1. The van der Waals surface area contributed by atoms with E-state index in [0.29, 0.717) is 75.3 Å². The first-order valence-electron chi connectivity index (χ1n) is 11.4. The van der Waals surface area contributed by atoms with Crippen LogP contribution in [0.4, 0.5) is 0 Å². The third-order valence-corrected chi connectivity index (χ3v) is 6.20. The molecule has 5 rings (SSSR count). The van der Waals surface area contributed by atoms with Crippen LogP contribution in [-0.2, 0) is 6.42 Å². The third kappa shape index (κ3) is 4.49. The van der Waals surface area contributed by atoms with E-state index in [1.165, 1.54) is 0 Å². The molecule has 0 N–H and O–H groups in total. The van der Waals surface area contributed by atoms with Crippen LogP contribution in [0, 0.1) is 6.92 Å². The van der Waals surface area contributed by atoms with Crippen LogP contribution < -0.4 is 19.6 Å². The zero-order chi connectivity index (χ0) is 24.5. The average Bonchev–Trinajstić information content (AvgIpc) is 3.09. The van der Waals surface area contributed by atoms with Gasteiger partial charge in [-0.2, -0.15) is 0 Å². The van der Waals surface area contributed by atoms with E-state index < -0.39 is 5.97 Å². The fraction of sp³-hybridized carbons (Fsp3) is 0.214. The molecule has 1 aromatic heterocycles. The first-order valence-corrected chi connectivity index (χ1v) is 11.8. The van der Waals surface area contributed by atoms with Gasteiger partial charge in [0.2, 0.25) is 5.43 Å². The van der Waals surface area contributed by atoms with Crippen molar-refractivity contribution in [2.75, 3.05) is 13.2 Å². The smallest absolute Gasteiger partial charge is 0.343 e. The highest BCUT2D eigenvalue weighted by molar-refractivity contribution is 6.30. The van der Waals surface area contributed by atoms with Crippen molar-refractivity contribution in [3.63, 3.8) is 0 Å². The Hall–Kier alpha value is -3.77. The number of hydrogen-bond donors (Lipinski definition) is 0. The molecule has 1 aliphatic heterocycles. The van der Waals surface area contributed by atoms with Crippen LogP contribution in [0.1, 0.15) is 35.0 Å². The van der Waals surface area contributed by atoms with Gasteiger partial charge in [-0.3, -0.25) is 4.79 Å². The molecule has 0 amide bonds. The fourth-order valence-electron chi connectivity index (χ4n) is 4.15. The van der Waals surface area contributed by atoms with E-state index in [0.717, 1.165) is 12.0 Å². The van der Waals surface area contributed by atoms with E-state index in [1.54, 1.807) is 43.3 Å². The number of ether oxygens (including phenoxy) is 3. The number of fused-ring (bicyclic) bond motifs is 2. The Labute approximate surface area is 207 Å². The molecule has 0 atom stereocenters. The van der Waals surface area contributed by atoms with Gasteiger partial charge in [0.1, 0.15) is 17.1 Å². The second-order valence-electron chi connectivity index (χ2n) is 8.28. The summed E-state index contributed by atoms with van der Waals surface area (Å²) in [6, 6.07) is 15.3. The van der Waals surface area contributed by atoms with Gasteiger partial charge in [0.15, 0.2) is 11.5 Å². The Morgan fingerprint density at radius 3 is 2.49 bits per heavy atom. The number of aryl methyl sites for hydroxylation is 2. The van der Waals surface area contributed by atoms with Gasteiger partial charge < -0.3 is 18.6 Å². The van der Waals surface area contributed by atoms with E-state index in [4.69, 9.17) is 30.2 Å². The molecule has 0 spiro atoms. The highest BCUT2D eigenvalue weighted by atomic mass is 35.5. The molecule has 0 fully saturated rings. The molecule has 2 heterocycles. The van der Waals surface area contributed by atoms with Gasteiger partial charge in [-0.25, -0.2) is 4.79 Å². The maximum atomic E-state index is 13.6. The van der Waals surface area contributed by atoms with Gasteiger partial charge in [-0.15, -0.1) is 0 Å². The maximum absolute atomic E-state index is 13.6. The molecule has 3 aromatic carbocycles. The normalized spacial score (nSPS) is 12.9. The van der Waals surface area contributed by atoms with Crippen LogP contribution in [0.15, 0.2) is 63.8 Å². The number of rotatable bonds is 4. The Bertz CT molecular complexity index is 1490. The summed E-state index contributed by atoms with van der Waals surface area (Å²) in [7, 11) is 0. The number of benzene rings is 3. The van der Waals surface area contributed by atoms with Crippen molar-refractivity contribution in [2.24, 2.45) is 0 Å². The molecule has 0 bridgehead atoms. The minimum atomic E-state index is -0.515. The standard InChI is InChI=1S/C28H23ClO6/c1-3-17-13-21-24(15-23(17)35-28(31)18-5-8-20(29)9-6-18)34-16(2)26(27(21)30)19-7-10-22-25(14-19)33-12-4-11-32-22/h5-10,13-15H,3-4,11-12H2,1-2H3. The van der Waals surface area contributed by atoms with Crippen LogP contribution in [0.2, 0.25) is 5.02 Å². The average molecular weight is 491 g/mol. The number of hydrogen-bond acceptors (Lipinski definition) is 6. The molecule has 0 unspecified atom stereocenters. The molecule has 178 valence electrons. The second-order valence-corrected chi connectivity index (χ2v) is 8.72. The van der Waals surface area contributed by atoms with Gasteiger partial charge in [0, 0.05) is 17.5 Å². The predicted octanol–water partition coefficient (Wildman–Crippen LogP) is 6.36. The summed E-state index contributed by atoms with van der Waals surface area (Å²) in [5.41, 5.74) is 2.43.